The van der Waals surface area contributed by atoms with Crippen LogP contribution in [0.1, 0.15) is 19.4 Å². The van der Waals surface area contributed by atoms with Crippen molar-refractivity contribution in [3.63, 3.8) is 0 Å². The molecule has 0 saturated carbocycles. The van der Waals surface area contributed by atoms with Crippen molar-refractivity contribution in [2.75, 3.05) is 18.9 Å². The van der Waals surface area contributed by atoms with Crippen molar-refractivity contribution in [2.24, 2.45) is 5.41 Å². The first kappa shape index (κ1) is 14.9. The first-order chi connectivity index (χ1) is 8.77. The Morgan fingerprint density at radius 1 is 1.53 bits per heavy atom. The van der Waals surface area contributed by atoms with Crippen LogP contribution in [0.15, 0.2) is 12.3 Å². The number of aromatic nitrogens is 1. The predicted molar refractivity (Wildman–Crippen MR) is 72.0 cm³/mol. The monoisotopic (exact) mass is 266 g/mol. The van der Waals surface area contributed by atoms with Gasteiger partial charge in [-0.1, -0.05) is 0 Å². The highest BCUT2D eigenvalue weighted by Crippen LogP contribution is 2.24. The summed E-state index contributed by atoms with van der Waals surface area (Å²) in [7, 11) is 1.55. The minimum Gasteiger partial charge on any atom is -0.363 e. The molecular weight excluding hydrogens is 248 g/mol. The molecule has 0 spiro atoms. The van der Waals surface area contributed by atoms with Gasteiger partial charge in [0.1, 0.15) is 0 Å². The molecule has 19 heavy (non-hydrogen) atoms. The summed E-state index contributed by atoms with van der Waals surface area (Å²) in [6.07, 6.45) is 1.54. The summed E-state index contributed by atoms with van der Waals surface area (Å²) in [5.41, 5.74) is -0.0645. The van der Waals surface area contributed by atoms with Gasteiger partial charge in [-0.2, -0.15) is 0 Å². The van der Waals surface area contributed by atoms with Gasteiger partial charge in [0.05, 0.1) is 10.3 Å². The lowest BCUT2D eigenvalue weighted by atomic mass is 9.92. The highest BCUT2D eigenvalue weighted by atomic mass is 16.6. The Bertz CT molecular complexity index is 500. The number of amides is 1. The fourth-order valence-corrected chi connectivity index (χ4v) is 1.55. The van der Waals surface area contributed by atoms with Crippen molar-refractivity contribution in [3.05, 3.63) is 27.9 Å². The summed E-state index contributed by atoms with van der Waals surface area (Å²) in [4.78, 5) is 26.1. The molecule has 0 aliphatic heterocycles. The molecule has 1 aromatic rings. The van der Waals surface area contributed by atoms with Crippen LogP contribution in [-0.4, -0.2) is 29.4 Å². The van der Waals surface area contributed by atoms with E-state index in [0.29, 0.717) is 5.56 Å². The van der Waals surface area contributed by atoms with Crippen LogP contribution in [-0.2, 0) is 4.79 Å². The average molecular weight is 266 g/mol. The summed E-state index contributed by atoms with van der Waals surface area (Å²) in [5.74, 6) is 0.0299. The Morgan fingerprint density at radius 2 is 2.16 bits per heavy atom. The van der Waals surface area contributed by atoms with Gasteiger partial charge in [0, 0.05) is 25.9 Å². The lowest BCUT2D eigenvalue weighted by Gasteiger charge is -2.23. The van der Waals surface area contributed by atoms with Crippen LogP contribution >= 0.6 is 0 Å². The molecule has 0 aliphatic rings. The van der Waals surface area contributed by atoms with E-state index in [1.54, 1.807) is 34.0 Å². The molecule has 1 amide bonds. The van der Waals surface area contributed by atoms with Gasteiger partial charge in [-0.15, -0.1) is 0 Å². The van der Waals surface area contributed by atoms with E-state index in [4.69, 9.17) is 0 Å². The number of carbonyl (C=O) groups is 1. The van der Waals surface area contributed by atoms with Crippen LogP contribution in [0.3, 0.4) is 0 Å². The summed E-state index contributed by atoms with van der Waals surface area (Å²) in [6, 6.07) is 1.45. The van der Waals surface area contributed by atoms with Gasteiger partial charge in [-0.05, 0) is 26.3 Å². The van der Waals surface area contributed by atoms with Crippen molar-refractivity contribution in [1.29, 1.82) is 0 Å². The summed E-state index contributed by atoms with van der Waals surface area (Å²) < 4.78 is 0. The van der Waals surface area contributed by atoms with Gasteiger partial charge in [-0.3, -0.25) is 14.9 Å². The highest BCUT2D eigenvalue weighted by molar-refractivity contribution is 5.82. The summed E-state index contributed by atoms with van der Waals surface area (Å²) in [5, 5.41) is 16.4. The molecule has 0 aliphatic carbocycles. The van der Waals surface area contributed by atoms with Crippen molar-refractivity contribution in [2.45, 2.75) is 20.8 Å². The lowest BCUT2D eigenvalue weighted by Crippen LogP contribution is -2.39. The van der Waals surface area contributed by atoms with Crippen LogP contribution in [0, 0.1) is 22.5 Å². The van der Waals surface area contributed by atoms with Crippen molar-refractivity contribution in [3.8, 4) is 0 Å². The minimum absolute atomic E-state index is 0.0901. The van der Waals surface area contributed by atoms with E-state index in [1.165, 1.54) is 6.07 Å². The maximum atomic E-state index is 11.6. The third kappa shape index (κ3) is 3.64. The number of nitrogens with zero attached hydrogens (tertiary/aromatic N) is 2. The normalized spacial score (nSPS) is 10.9. The zero-order valence-electron chi connectivity index (χ0n) is 11.5. The Kier molecular flexibility index (Phi) is 4.42. The molecule has 7 heteroatoms. The van der Waals surface area contributed by atoms with Crippen LogP contribution in [0.5, 0.6) is 0 Å². The van der Waals surface area contributed by atoms with Crippen LogP contribution in [0.25, 0.3) is 0 Å². The molecule has 0 aromatic carbocycles. The number of carbonyl (C=O) groups excluding carboxylic acids is 1. The lowest BCUT2D eigenvalue weighted by molar-refractivity contribution is -0.384. The van der Waals surface area contributed by atoms with E-state index < -0.39 is 10.3 Å². The molecule has 104 valence electrons. The summed E-state index contributed by atoms with van der Waals surface area (Å²) in [6.45, 7) is 5.49. The molecule has 1 heterocycles. The molecule has 0 fully saturated rings. The Labute approximate surface area is 111 Å². The van der Waals surface area contributed by atoms with Crippen molar-refractivity contribution < 1.29 is 9.72 Å². The molecule has 1 aromatic heterocycles. The molecule has 0 bridgehead atoms. The average Bonchev–Trinajstić information content (AvgIpc) is 2.36. The second-order valence-electron chi connectivity index (χ2n) is 4.95. The van der Waals surface area contributed by atoms with Gasteiger partial charge in [0.2, 0.25) is 11.7 Å². The van der Waals surface area contributed by atoms with E-state index in [2.05, 4.69) is 15.6 Å². The van der Waals surface area contributed by atoms with Crippen LogP contribution in [0.4, 0.5) is 11.5 Å². The number of hydrogen-bond acceptors (Lipinski definition) is 5. The number of pyridine rings is 1. The quantitative estimate of drug-likeness (QED) is 0.621. The van der Waals surface area contributed by atoms with Gasteiger partial charge < -0.3 is 10.6 Å². The number of nitrogens with one attached hydrogen (secondary N) is 2. The molecule has 0 atom stereocenters. The Balaban J connectivity index is 2.89. The fraction of sp³-hybridized carbons (Fsp3) is 0.500. The zero-order chi connectivity index (χ0) is 14.6. The van der Waals surface area contributed by atoms with Gasteiger partial charge in [-0.25, -0.2) is 4.98 Å². The summed E-state index contributed by atoms with van der Waals surface area (Å²) >= 11 is 0. The number of aryl methyl sites for hydroxylation is 1. The topological polar surface area (TPSA) is 97.2 Å². The molecule has 0 radical (unpaired) electrons. The highest BCUT2D eigenvalue weighted by Gasteiger charge is 2.27. The number of nitro groups is 1. The van der Waals surface area contributed by atoms with E-state index in [9.17, 15) is 14.9 Å². The smallest absolute Gasteiger partial charge is 0.311 e. The van der Waals surface area contributed by atoms with Crippen molar-refractivity contribution in [1.82, 2.24) is 10.3 Å². The zero-order valence-corrected chi connectivity index (χ0v) is 11.5. The molecule has 2 N–H and O–H groups in total. The first-order valence-electron chi connectivity index (χ1n) is 5.85. The Morgan fingerprint density at radius 3 is 2.68 bits per heavy atom. The standard InChI is InChI=1S/C12H18N4O3/c1-8-5-9(16(18)19)10(14-6-8)15-7-12(2,3)11(17)13-4/h5-6H,7H2,1-4H3,(H,13,17)(H,14,15). The largest absolute Gasteiger partial charge is 0.363 e. The molecule has 1 rings (SSSR count). The Hall–Kier alpha value is -2.18. The number of anilines is 1. The second kappa shape index (κ2) is 5.64. The third-order valence-electron chi connectivity index (χ3n) is 2.74. The van der Waals surface area contributed by atoms with Crippen molar-refractivity contribution >= 4 is 17.4 Å². The third-order valence-corrected chi connectivity index (χ3v) is 2.74. The van der Waals surface area contributed by atoms with Gasteiger partial charge in [0.25, 0.3) is 0 Å². The van der Waals surface area contributed by atoms with Crippen LogP contribution in [0.2, 0.25) is 0 Å². The van der Waals surface area contributed by atoms with E-state index in [1.807, 2.05) is 0 Å². The van der Waals surface area contributed by atoms with Gasteiger partial charge >= 0.3 is 5.69 Å². The fourth-order valence-electron chi connectivity index (χ4n) is 1.55. The molecular formula is C12H18N4O3. The van der Waals surface area contributed by atoms with Crippen LogP contribution < -0.4 is 10.6 Å². The first-order valence-corrected chi connectivity index (χ1v) is 5.85. The molecule has 0 saturated heterocycles. The number of rotatable bonds is 5. The molecule has 0 unspecified atom stereocenters. The van der Waals surface area contributed by atoms with E-state index >= 15 is 0 Å². The molecule has 7 nitrogen and oxygen atoms in total. The predicted octanol–water partition coefficient (Wildman–Crippen LogP) is 1.48. The maximum Gasteiger partial charge on any atom is 0.311 e. The maximum absolute atomic E-state index is 11.6. The SMILES string of the molecule is CNC(=O)C(C)(C)CNc1ncc(C)cc1[N+](=O)[O-]. The van der Waals surface area contributed by atoms with E-state index in [0.717, 1.165) is 0 Å². The minimum atomic E-state index is -0.685. The second-order valence-corrected chi connectivity index (χ2v) is 4.95. The number of hydrogen-bond donors (Lipinski definition) is 2. The van der Waals surface area contributed by atoms with E-state index in [-0.39, 0.29) is 24.0 Å². The van der Waals surface area contributed by atoms with Gasteiger partial charge in [0.15, 0.2) is 0 Å².